The third-order valence-electron chi connectivity index (χ3n) is 4.84. The summed E-state index contributed by atoms with van der Waals surface area (Å²) in [5, 5.41) is 50.0. The summed E-state index contributed by atoms with van der Waals surface area (Å²) >= 11 is 0. The molecule has 150 valence electrons. The maximum absolute atomic E-state index is 11.3. The average molecular weight is 384 g/mol. The number of aliphatic hydroxyl groups excluding tert-OH is 3. The number of nitrogens with two attached hydrogens (primary N) is 1. The van der Waals surface area contributed by atoms with Crippen molar-refractivity contribution in [2.75, 3.05) is 6.61 Å². The summed E-state index contributed by atoms with van der Waals surface area (Å²) in [7, 11) is 0. The van der Waals surface area contributed by atoms with Gasteiger partial charge < -0.3 is 40.8 Å². The maximum atomic E-state index is 11.3. The van der Waals surface area contributed by atoms with Crippen LogP contribution in [0.2, 0.25) is 0 Å². The van der Waals surface area contributed by atoms with Crippen molar-refractivity contribution in [3.8, 4) is 0 Å². The van der Waals surface area contributed by atoms with Gasteiger partial charge in [-0.25, -0.2) is 4.79 Å². The molecule has 1 aliphatic rings. The fraction of sp³-hybridized carbons (Fsp3) is 0.588. The molecule has 7 atom stereocenters. The molecule has 6 N–H and O–H groups in total. The van der Waals surface area contributed by atoms with Crippen LogP contribution in [0.15, 0.2) is 24.5 Å². The summed E-state index contributed by atoms with van der Waals surface area (Å²) in [6.45, 7) is 1.15. The molecule has 3 unspecified atom stereocenters. The molecular weight excluding hydrogens is 360 g/mol. The van der Waals surface area contributed by atoms with E-state index in [9.17, 15) is 35.1 Å². The number of carbonyl (C=O) groups excluding carboxylic acids is 1. The van der Waals surface area contributed by atoms with Crippen LogP contribution in [-0.2, 0) is 9.53 Å². The first-order chi connectivity index (χ1) is 12.7. The highest BCUT2D eigenvalue weighted by molar-refractivity contribution is 5.86. The standard InChI is InChI=1S/C17H24N2O8/c1-8(5-10(18)17(25)26)12(15-14(22)13(21)11(7-20)27-15)19-4-2-3-9(6-19)16(23)24/h2-4,6,8,10-15,20-22H,5,7,18H2,1H3,(H-,23,24,25,26)/t8?,10?,11-,12?,13-,14-,15-/m1/s1. The van der Waals surface area contributed by atoms with Gasteiger partial charge in [-0.2, -0.15) is 4.57 Å². The number of pyridine rings is 1. The quantitative estimate of drug-likeness (QED) is 0.289. The molecule has 2 heterocycles. The van der Waals surface area contributed by atoms with E-state index in [0.717, 1.165) is 0 Å². The molecular formula is C17H24N2O8. The third-order valence-corrected chi connectivity index (χ3v) is 4.84. The van der Waals surface area contributed by atoms with Crippen LogP contribution >= 0.6 is 0 Å². The Morgan fingerprint density at radius 1 is 1.37 bits per heavy atom. The Kier molecular flexibility index (Phi) is 6.84. The van der Waals surface area contributed by atoms with Crippen molar-refractivity contribution in [3.63, 3.8) is 0 Å². The van der Waals surface area contributed by atoms with Gasteiger partial charge >= 0.3 is 5.97 Å². The van der Waals surface area contributed by atoms with Crippen molar-refractivity contribution < 1.29 is 44.4 Å². The highest BCUT2D eigenvalue weighted by atomic mass is 16.6. The second-order valence-corrected chi connectivity index (χ2v) is 6.78. The van der Waals surface area contributed by atoms with Gasteiger partial charge in [-0.05, 0) is 12.5 Å². The molecule has 1 aromatic rings. The van der Waals surface area contributed by atoms with Crippen molar-refractivity contribution in [2.45, 2.75) is 49.8 Å². The lowest BCUT2D eigenvalue weighted by atomic mass is 9.87. The number of aliphatic hydroxyl groups is 3. The Bertz CT molecular complexity index is 685. The van der Waals surface area contributed by atoms with Crippen LogP contribution in [0, 0.1) is 5.92 Å². The topological polar surface area (TPSA) is 177 Å². The largest absolute Gasteiger partial charge is 0.548 e. The van der Waals surface area contributed by atoms with E-state index in [2.05, 4.69) is 0 Å². The number of rotatable bonds is 8. The zero-order valence-electron chi connectivity index (χ0n) is 14.7. The molecule has 0 aromatic carbocycles. The van der Waals surface area contributed by atoms with Crippen molar-refractivity contribution >= 4 is 11.9 Å². The zero-order valence-corrected chi connectivity index (χ0v) is 14.7. The van der Waals surface area contributed by atoms with Crippen LogP contribution < -0.4 is 15.4 Å². The van der Waals surface area contributed by atoms with Gasteiger partial charge in [-0.15, -0.1) is 0 Å². The molecule has 1 aromatic heterocycles. The molecule has 1 saturated heterocycles. The predicted octanol–water partition coefficient (Wildman–Crippen LogP) is -3.20. The first-order valence-electron chi connectivity index (χ1n) is 8.50. The molecule has 0 saturated carbocycles. The van der Waals surface area contributed by atoms with E-state index in [1.54, 1.807) is 13.1 Å². The molecule has 10 nitrogen and oxygen atoms in total. The minimum atomic E-state index is -1.44. The van der Waals surface area contributed by atoms with E-state index >= 15 is 0 Å². The van der Waals surface area contributed by atoms with Gasteiger partial charge in [0.1, 0.15) is 30.0 Å². The molecule has 0 radical (unpaired) electrons. The number of nitrogens with zero attached hydrogens (tertiary/aromatic N) is 1. The SMILES string of the molecule is CC(CC(N)C(=O)[O-])C([C@H]1O[C@H](CO)[C@@H](O)[C@H]1O)[n+]1cccc(C(=O)O)c1. The number of aliphatic carboxylic acids is 1. The lowest BCUT2D eigenvalue weighted by Crippen LogP contribution is -2.54. The van der Waals surface area contributed by atoms with E-state index in [0.29, 0.717) is 0 Å². The van der Waals surface area contributed by atoms with Gasteiger partial charge in [-0.1, -0.05) is 6.92 Å². The Labute approximate surface area is 155 Å². The van der Waals surface area contributed by atoms with Crippen molar-refractivity contribution in [2.24, 2.45) is 11.7 Å². The smallest absolute Gasteiger partial charge is 0.341 e. The summed E-state index contributed by atoms with van der Waals surface area (Å²) in [5.74, 6) is -3.11. The molecule has 0 amide bonds. The van der Waals surface area contributed by atoms with Gasteiger partial charge in [0, 0.05) is 18.0 Å². The Hall–Kier alpha value is -2.11. The second kappa shape index (κ2) is 8.72. The Balaban J connectivity index is 2.41. The lowest BCUT2D eigenvalue weighted by Gasteiger charge is -2.28. The Morgan fingerprint density at radius 3 is 2.56 bits per heavy atom. The zero-order chi connectivity index (χ0) is 20.3. The number of carboxylic acid groups (broad SMARTS) is 2. The highest BCUT2D eigenvalue weighted by Gasteiger charge is 2.51. The van der Waals surface area contributed by atoms with Gasteiger partial charge in [0.05, 0.1) is 12.6 Å². The highest BCUT2D eigenvalue weighted by Crippen LogP contribution is 2.32. The summed E-state index contributed by atoms with van der Waals surface area (Å²) in [4.78, 5) is 22.3. The van der Waals surface area contributed by atoms with Crippen molar-refractivity contribution in [1.82, 2.24) is 0 Å². The number of aromatic carboxylic acids is 1. The monoisotopic (exact) mass is 384 g/mol. The molecule has 2 rings (SSSR count). The van der Waals surface area contributed by atoms with Gasteiger partial charge in [-0.3, -0.25) is 0 Å². The Morgan fingerprint density at radius 2 is 2.04 bits per heavy atom. The van der Waals surface area contributed by atoms with Crippen LogP contribution in [0.1, 0.15) is 29.7 Å². The maximum Gasteiger partial charge on any atom is 0.341 e. The van der Waals surface area contributed by atoms with Crippen LogP contribution in [-0.4, -0.2) is 69.4 Å². The van der Waals surface area contributed by atoms with Crippen molar-refractivity contribution in [3.05, 3.63) is 30.1 Å². The minimum Gasteiger partial charge on any atom is -0.548 e. The number of carboxylic acids is 2. The second-order valence-electron chi connectivity index (χ2n) is 6.78. The number of hydrogen-bond donors (Lipinski definition) is 5. The summed E-state index contributed by atoms with van der Waals surface area (Å²) < 4.78 is 7.08. The molecule has 1 fully saturated rings. The van der Waals surface area contributed by atoms with Gasteiger partial charge in [0.15, 0.2) is 18.4 Å². The van der Waals surface area contributed by atoms with Crippen LogP contribution in [0.5, 0.6) is 0 Å². The average Bonchev–Trinajstić information content (AvgIpc) is 2.90. The first-order valence-corrected chi connectivity index (χ1v) is 8.50. The van der Waals surface area contributed by atoms with E-state index < -0.39 is 61.0 Å². The normalized spacial score (nSPS) is 28.5. The van der Waals surface area contributed by atoms with E-state index in [1.165, 1.54) is 22.9 Å². The molecule has 1 aliphatic heterocycles. The molecule has 0 aliphatic carbocycles. The first kappa shape index (κ1) is 21.2. The minimum absolute atomic E-state index is 0.0226. The van der Waals surface area contributed by atoms with Crippen molar-refractivity contribution in [1.29, 1.82) is 0 Å². The molecule has 0 bridgehead atoms. The number of ether oxygens (including phenoxy) is 1. The summed E-state index contributed by atoms with van der Waals surface area (Å²) in [6.07, 6.45) is -1.91. The molecule has 10 heteroatoms. The van der Waals surface area contributed by atoms with Crippen LogP contribution in [0.3, 0.4) is 0 Å². The summed E-state index contributed by atoms with van der Waals surface area (Å²) in [6, 6.07) is 0.840. The van der Waals surface area contributed by atoms with Gasteiger partial charge in [0.2, 0.25) is 0 Å². The summed E-state index contributed by atoms with van der Waals surface area (Å²) in [5.41, 5.74) is 5.54. The fourth-order valence-corrected chi connectivity index (χ4v) is 3.44. The number of hydrogen-bond acceptors (Lipinski definition) is 8. The molecule has 0 spiro atoms. The van der Waals surface area contributed by atoms with Crippen LogP contribution in [0.25, 0.3) is 0 Å². The van der Waals surface area contributed by atoms with E-state index in [-0.39, 0.29) is 12.0 Å². The fourth-order valence-electron chi connectivity index (χ4n) is 3.44. The van der Waals surface area contributed by atoms with E-state index in [4.69, 9.17) is 10.5 Å². The van der Waals surface area contributed by atoms with Gasteiger partial charge in [0.25, 0.3) is 0 Å². The van der Waals surface area contributed by atoms with Crippen LogP contribution in [0.4, 0.5) is 0 Å². The number of carbonyl (C=O) groups is 2. The lowest BCUT2D eigenvalue weighted by molar-refractivity contribution is -0.738. The predicted molar refractivity (Wildman–Crippen MR) is 87.2 cm³/mol. The molecule has 27 heavy (non-hydrogen) atoms. The number of aromatic nitrogens is 1. The van der Waals surface area contributed by atoms with E-state index in [1.807, 2.05) is 0 Å². The third kappa shape index (κ3) is 4.60.